The molecule has 0 heterocycles. The van der Waals surface area contributed by atoms with Gasteiger partial charge in [0.2, 0.25) is 5.91 Å². The maximum absolute atomic E-state index is 13.2. The summed E-state index contributed by atoms with van der Waals surface area (Å²) < 4.78 is 6.35. The Bertz CT molecular complexity index is 943. The zero-order valence-corrected chi connectivity index (χ0v) is 21.8. The highest BCUT2D eigenvalue weighted by Gasteiger charge is 2.29. The van der Waals surface area contributed by atoms with Crippen molar-refractivity contribution in [2.75, 3.05) is 13.2 Å². The second kappa shape index (κ2) is 13.3. The minimum Gasteiger partial charge on any atom is -0.483 e. The average Bonchev–Trinajstić information content (AvgIpc) is 2.74. The molecule has 0 aliphatic carbocycles. The van der Waals surface area contributed by atoms with Crippen LogP contribution in [0.15, 0.2) is 40.9 Å². The molecule has 0 bridgehead atoms. The van der Waals surface area contributed by atoms with Crippen molar-refractivity contribution < 1.29 is 14.3 Å². The van der Waals surface area contributed by atoms with Crippen LogP contribution in [0.1, 0.15) is 38.7 Å². The van der Waals surface area contributed by atoms with E-state index in [0.717, 1.165) is 12.8 Å². The molecule has 174 valence electrons. The molecule has 0 saturated carbocycles. The summed E-state index contributed by atoms with van der Waals surface area (Å²) in [6, 6.07) is 9.44. The lowest BCUT2D eigenvalue weighted by Crippen LogP contribution is -2.50. The van der Waals surface area contributed by atoms with Crippen LogP contribution in [0, 0.1) is 0 Å². The van der Waals surface area contributed by atoms with Gasteiger partial charge in [-0.25, -0.2) is 0 Å². The standard InChI is InChI=1S/C23H26BrCl3N2O3/c1-3-5-10-28-23(31)20(4-2)29(13-15-6-7-17(26)12-19(15)27)22(30)14-32-21-9-8-16(25)11-18(21)24/h6-9,11-12,20H,3-5,10,13-14H2,1-2H3,(H,28,31). The molecule has 2 aromatic rings. The minimum absolute atomic E-state index is 0.152. The third-order valence-electron chi connectivity index (χ3n) is 4.82. The van der Waals surface area contributed by atoms with Crippen LogP contribution in [-0.4, -0.2) is 35.9 Å². The van der Waals surface area contributed by atoms with Gasteiger partial charge in [-0.15, -0.1) is 0 Å². The van der Waals surface area contributed by atoms with Crippen molar-refractivity contribution in [2.24, 2.45) is 0 Å². The topological polar surface area (TPSA) is 58.6 Å². The fourth-order valence-corrected chi connectivity index (χ4v) is 4.34. The molecule has 0 spiro atoms. The highest BCUT2D eigenvalue weighted by molar-refractivity contribution is 9.10. The molecule has 0 aromatic heterocycles. The summed E-state index contributed by atoms with van der Waals surface area (Å²) in [7, 11) is 0. The van der Waals surface area contributed by atoms with E-state index in [1.54, 1.807) is 36.4 Å². The number of carbonyl (C=O) groups is 2. The predicted octanol–water partition coefficient (Wildman–Crippen LogP) is 6.51. The smallest absolute Gasteiger partial charge is 0.261 e. The first-order chi connectivity index (χ1) is 15.3. The molecule has 9 heteroatoms. The van der Waals surface area contributed by atoms with Gasteiger partial charge in [-0.3, -0.25) is 9.59 Å². The molecule has 0 aliphatic heterocycles. The van der Waals surface area contributed by atoms with Crippen molar-refractivity contribution in [3.05, 3.63) is 61.5 Å². The monoisotopic (exact) mass is 562 g/mol. The van der Waals surface area contributed by atoms with Crippen molar-refractivity contribution >= 4 is 62.5 Å². The summed E-state index contributed by atoms with van der Waals surface area (Å²) in [6.45, 7) is 4.38. The number of rotatable bonds is 11. The molecule has 0 radical (unpaired) electrons. The van der Waals surface area contributed by atoms with Crippen molar-refractivity contribution in [2.45, 2.75) is 45.7 Å². The van der Waals surface area contributed by atoms with E-state index in [1.807, 2.05) is 13.8 Å². The molecule has 2 rings (SSSR count). The SMILES string of the molecule is CCCCNC(=O)C(CC)N(Cc1ccc(Cl)cc1Cl)C(=O)COc1ccc(Cl)cc1Br. The Labute approximate surface area is 212 Å². The van der Waals surface area contributed by atoms with Gasteiger partial charge in [0.1, 0.15) is 11.8 Å². The Hall–Kier alpha value is -1.47. The molecule has 1 atom stereocenters. The number of benzene rings is 2. The van der Waals surface area contributed by atoms with E-state index in [9.17, 15) is 9.59 Å². The van der Waals surface area contributed by atoms with Gasteiger partial charge in [0.15, 0.2) is 6.61 Å². The predicted molar refractivity (Wildman–Crippen MR) is 134 cm³/mol. The average molecular weight is 565 g/mol. The van der Waals surface area contributed by atoms with E-state index in [0.29, 0.717) is 43.8 Å². The van der Waals surface area contributed by atoms with E-state index < -0.39 is 6.04 Å². The Balaban J connectivity index is 2.24. The number of unbranched alkanes of at least 4 members (excludes halogenated alkanes) is 1. The Morgan fingerprint density at radius 1 is 1.09 bits per heavy atom. The molecule has 1 unspecified atom stereocenters. The van der Waals surface area contributed by atoms with Crippen molar-refractivity contribution in [1.29, 1.82) is 0 Å². The number of carbonyl (C=O) groups excluding carboxylic acids is 2. The van der Waals surface area contributed by atoms with Crippen molar-refractivity contribution in [1.82, 2.24) is 10.2 Å². The molecule has 0 aliphatic rings. The maximum atomic E-state index is 13.2. The van der Waals surface area contributed by atoms with Crippen LogP contribution >= 0.6 is 50.7 Å². The van der Waals surface area contributed by atoms with Crippen molar-refractivity contribution in [3.8, 4) is 5.75 Å². The highest BCUT2D eigenvalue weighted by Crippen LogP contribution is 2.28. The number of hydrogen-bond donors (Lipinski definition) is 1. The zero-order valence-electron chi connectivity index (χ0n) is 18.0. The van der Waals surface area contributed by atoms with Crippen molar-refractivity contribution in [3.63, 3.8) is 0 Å². The van der Waals surface area contributed by atoms with Gasteiger partial charge in [-0.1, -0.05) is 61.1 Å². The summed E-state index contributed by atoms with van der Waals surface area (Å²) >= 11 is 21.7. The van der Waals surface area contributed by atoms with Gasteiger partial charge in [-0.05, 0) is 64.7 Å². The largest absolute Gasteiger partial charge is 0.483 e. The minimum atomic E-state index is -0.664. The van der Waals surface area contributed by atoms with E-state index in [-0.39, 0.29) is 25.0 Å². The summed E-state index contributed by atoms with van der Waals surface area (Å²) in [5, 5.41) is 4.39. The molecule has 2 amide bonds. The van der Waals surface area contributed by atoms with Gasteiger partial charge in [0.25, 0.3) is 5.91 Å². The first-order valence-electron chi connectivity index (χ1n) is 10.4. The van der Waals surface area contributed by atoms with Crippen LogP contribution in [0.3, 0.4) is 0 Å². The zero-order chi connectivity index (χ0) is 23.7. The lowest BCUT2D eigenvalue weighted by molar-refractivity contribution is -0.143. The van der Waals surface area contributed by atoms with Gasteiger partial charge in [-0.2, -0.15) is 0 Å². The Kier molecular flexibility index (Phi) is 11.1. The maximum Gasteiger partial charge on any atom is 0.261 e. The number of amides is 2. The number of nitrogens with zero attached hydrogens (tertiary/aromatic N) is 1. The van der Waals surface area contributed by atoms with Gasteiger partial charge in [0.05, 0.1) is 4.47 Å². The first kappa shape index (κ1) is 26.8. The fraction of sp³-hybridized carbons (Fsp3) is 0.391. The normalized spacial score (nSPS) is 11.7. The number of nitrogens with one attached hydrogen (secondary N) is 1. The number of halogens is 4. The van der Waals surface area contributed by atoms with E-state index in [2.05, 4.69) is 21.2 Å². The van der Waals surface area contributed by atoms with E-state index in [1.165, 1.54) is 4.90 Å². The fourth-order valence-electron chi connectivity index (χ4n) is 3.07. The Morgan fingerprint density at radius 3 is 2.41 bits per heavy atom. The highest BCUT2D eigenvalue weighted by atomic mass is 79.9. The third-order valence-corrected chi connectivity index (χ3v) is 6.26. The molecule has 32 heavy (non-hydrogen) atoms. The lowest BCUT2D eigenvalue weighted by Gasteiger charge is -2.31. The molecule has 2 aromatic carbocycles. The summed E-state index contributed by atoms with van der Waals surface area (Å²) in [6.07, 6.45) is 2.27. The van der Waals surface area contributed by atoms with Crippen LogP contribution in [0.5, 0.6) is 5.75 Å². The summed E-state index contributed by atoms with van der Waals surface area (Å²) in [4.78, 5) is 27.6. The summed E-state index contributed by atoms with van der Waals surface area (Å²) in [5.41, 5.74) is 0.692. The molecule has 1 N–H and O–H groups in total. The van der Waals surface area contributed by atoms with E-state index in [4.69, 9.17) is 39.5 Å². The van der Waals surface area contributed by atoms with Crippen LogP contribution in [-0.2, 0) is 16.1 Å². The number of ether oxygens (including phenoxy) is 1. The Morgan fingerprint density at radius 2 is 1.78 bits per heavy atom. The van der Waals surface area contributed by atoms with E-state index >= 15 is 0 Å². The van der Waals surface area contributed by atoms with Crippen LogP contribution < -0.4 is 10.1 Å². The second-order valence-electron chi connectivity index (χ2n) is 7.19. The quantitative estimate of drug-likeness (QED) is 0.317. The molecule has 0 fully saturated rings. The molecule has 5 nitrogen and oxygen atoms in total. The van der Waals surface area contributed by atoms with Gasteiger partial charge < -0.3 is 15.0 Å². The van der Waals surface area contributed by atoms with Crippen LogP contribution in [0.4, 0.5) is 0 Å². The molecular formula is C23H26BrCl3N2O3. The first-order valence-corrected chi connectivity index (χ1v) is 12.3. The lowest BCUT2D eigenvalue weighted by atomic mass is 10.1. The van der Waals surface area contributed by atoms with Gasteiger partial charge in [0, 0.05) is 28.2 Å². The van der Waals surface area contributed by atoms with Crippen LogP contribution in [0.2, 0.25) is 15.1 Å². The molecular weight excluding hydrogens is 539 g/mol. The summed E-state index contributed by atoms with van der Waals surface area (Å²) in [5.74, 6) is -0.0601. The number of hydrogen-bond acceptors (Lipinski definition) is 3. The second-order valence-corrected chi connectivity index (χ2v) is 9.32. The third kappa shape index (κ3) is 7.84. The van der Waals surface area contributed by atoms with Gasteiger partial charge >= 0.3 is 0 Å². The molecule has 0 saturated heterocycles. The van der Waals surface area contributed by atoms with Crippen LogP contribution in [0.25, 0.3) is 0 Å².